The molecule has 226 valence electrons. The number of benzene rings is 3. The minimum Gasteiger partial charge on any atom is -0.352 e. The van der Waals surface area contributed by atoms with Crippen molar-refractivity contribution in [3.05, 3.63) is 92.4 Å². The van der Waals surface area contributed by atoms with Crippen LogP contribution in [0.25, 0.3) is 0 Å². The van der Waals surface area contributed by atoms with E-state index < -0.39 is 28.5 Å². The summed E-state index contributed by atoms with van der Waals surface area (Å²) in [5, 5.41) is 3.97. The van der Waals surface area contributed by atoms with Crippen molar-refractivity contribution in [1.29, 1.82) is 0 Å². The fourth-order valence-corrected chi connectivity index (χ4v) is 6.37. The van der Waals surface area contributed by atoms with Crippen molar-refractivity contribution < 1.29 is 18.0 Å². The van der Waals surface area contributed by atoms with E-state index in [0.717, 1.165) is 9.87 Å². The maximum absolute atomic E-state index is 14.2. The lowest BCUT2D eigenvalue weighted by Crippen LogP contribution is -2.53. The second-order valence-electron chi connectivity index (χ2n) is 10.2. The van der Waals surface area contributed by atoms with E-state index in [2.05, 4.69) is 5.32 Å². The molecule has 0 bridgehead atoms. The number of hydrogen-bond acceptors (Lipinski definition) is 4. The zero-order valence-corrected chi connectivity index (χ0v) is 27.4. The van der Waals surface area contributed by atoms with Crippen LogP contribution in [0.1, 0.15) is 50.3 Å². The number of halogens is 3. The highest BCUT2D eigenvalue weighted by molar-refractivity contribution is 7.92. The van der Waals surface area contributed by atoms with Gasteiger partial charge < -0.3 is 10.2 Å². The normalized spacial score (nSPS) is 12.9. The van der Waals surface area contributed by atoms with Crippen molar-refractivity contribution in [1.82, 2.24) is 10.2 Å². The Kier molecular flexibility index (Phi) is 11.7. The summed E-state index contributed by atoms with van der Waals surface area (Å²) in [6, 6.07) is 15.3. The largest absolute Gasteiger partial charge is 0.352 e. The van der Waals surface area contributed by atoms with E-state index >= 15 is 0 Å². The first-order valence-electron chi connectivity index (χ1n) is 13.7. The van der Waals surface area contributed by atoms with E-state index in [1.54, 1.807) is 62.4 Å². The molecule has 7 nitrogen and oxygen atoms in total. The van der Waals surface area contributed by atoms with Gasteiger partial charge >= 0.3 is 0 Å². The molecule has 2 amide bonds. The molecular formula is C31H36Cl3N3O4S. The van der Waals surface area contributed by atoms with Crippen LogP contribution in [0.4, 0.5) is 5.69 Å². The molecule has 0 spiro atoms. The molecule has 3 aromatic rings. The van der Waals surface area contributed by atoms with E-state index in [-0.39, 0.29) is 29.1 Å². The number of nitrogens with one attached hydrogen (secondary N) is 1. The Balaban J connectivity index is 2.12. The lowest BCUT2D eigenvalue weighted by atomic mass is 10.1. The van der Waals surface area contributed by atoms with E-state index in [4.69, 9.17) is 34.8 Å². The van der Waals surface area contributed by atoms with E-state index in [9.17, 15) is 18.0 Å². The average molecular weight is 653 g/mol. The molecule has 0 radical (unpaired) electrons. The van der Waals surface area contributed by atoms with Gasteiger partial charge in [-0.1, -0.05) is 78.5 Å². The third-order valence-electron chi connectivity index (χ3n) is 7.12. The Morgan fingerprint density at radius 2 is 1.55 bits per heavy atom. The summed E-state index contributed by atoms with van der Waals surface area (Å²) in [6.45, 7) is 8.63. The highest BCUT2D eigenvalue weighted by atomic mass is 35.5. The molecule has 0 aliphatic rings. The van der Waals surface area contributed by atoms with Gasteiger partial charge in [0.15, 0.2) is 0 Å². The van der Waals surface area contributed by atoms with Crippen LogP contribution in [-0.4, -0.2) is 43.8 Å². The predicted octanol–water partition coefficient (Wildman–Crippen LogP) is 7.18. The van der Waals surface area contributed by atoms with E-state index in [1.165, 1.54) is 17.0 Å². The number of carbonyl (C=O) groups is 2. The van der Waals surface area contributed by atoms with Crippen LogP contribution in [0.2, 0.25) is 15.1 Å². The van der Waals surface area contributed by atoms with Crippen LogP contribution in [0.3, 0.4) is 0 Å². The summed E-state index contributed by atoms with van der Waals surface area (Å²) in [4.78, 5) is 29.0. The second-order valence-corrected chi connectivity index (χ2v) is 13.3. The summed E-state index contributed by atoms with van der Waals surface area (Å²) in [7, 11) is -4.21. The number of nitrogens with zero attached hydrogens (tertiary/aromatic N) is 2. The van der Waals surface area contributed by atoms with Crippen LogP contribution in [0.15, 0.2) is 65.6 Å². The highest BCUT2D eigenvalue weighted by Gasteiger charge is 2.34. The fraction of sp³-hybridized carbons (Fsp3) is 0.355. The Labute approximate surface area is 263 Å². The summed E-state index contributed by atoms with van der Waals surface area (Å²) in [6.07, 6.45) is 1.01. The van der Waals surface area contributed by atoms with E-state index in [1.807, 2.05) is 20.8 Å². The highest BCUT2D eigenvalue weighted by Crippen LogP contribution is 2.32. The second kappa shape index (κ2) is 14.6. The molecule has 0 saturated heterocycles. The molecule has 42 heavy (non-hydrogen) atoms. The third-order valence-corrected chi connectivity index (χ3v) is 10.0. The lowest BCUT2D eigenvalue weighted by molar-refractivity contribution is -0.140. The summed E-state index contributed by atoms with van der Waals surface area (Å²) >= 11 is 18.8. The van der Waals surface area contributed by atoms with Gasteiger partial charge in [0.1, 0.15) is 12.6 Å². The van der Waals surface area contributed by atoms with Gasteiger partial charge in [-0.05, 0) is 81.1 Å². The molecule has 3 aromatic carbocycles. The Morgan fingerprint density at radius 3 is 2.14 bits per heavy atom. The van der Waals surface area contributed by atoms with Gasteiger partial charge in [-0.3, -0.25) is 13.9 Å². The molecule has 0 aliphatic carbocycles. The molecule has 0 fully saturated rings. The topological polar surface area (TPSA) is 86.8 Å². The monoisotopic (exact) mass is 651 g/mol. The van der Waals surface area contributed by atoms with Gasteiger partial charge in [-0.25, -0.2) is 8.42 Å². The molecule has 0 saturated carbocycles. The molecule has 2 atom stereocenters. The van der Waals surface area contributed by atoms with Crippen LogP contribution in [0, 0.1) is 13.8 Å². The smallest absolute Gasteiger partial charge is 0.264 e. The summed E-state index contributed by atoms with van der Waals surface area (Å²) in [5.74, 6) is -0.894. The molecule has 0 aliphatic heterocycles. The first kappa shape index (κ1) is 33.7. The Morgan fingerprint density at radius 1 is 0.881 bits per heavy atom. The lowest BCUT2D eigenvalue weighted by Gasteiger charge is -2.34. The van der Waals surface area contributed by atoms with Crippen LogP contribution < -0.4 is 9.62 Å². The zero-order valence-electron chi connectivity index (χ0n) is 24.3. The van der Waals surface area contributed by atoms with Crippen molar-refractivity contribution in [3.63, 3.8) is 0 Å². The first-order chi connectivity index (χ1) is 19.8. The SMILES string of the molecule is CC[C@H](C)NC(=O)[C@H](CC)N(Cc1ccc(Cl)c(Cl)c1)C(=O)CN(c1cccc(Cl)c1C)S(=O)(=O)c1ccc(C)cc1. The van der Waals surface area contributed by atoms with Gasteiger partial charge in [-0.2, -0.15) is 0 Å². The standard InChI is InChI=1S/C31H36Cl3N3O4S/c1-6-21(4)35-31(39)28(7-2)36(18-23-13-16-26(33)27(34)17-23)30(38)19-37(29-10-8-9-25(32)22(29)5)42(40,41)24-14-11-20(3)12-15-24/h8-17,21,28H,6-7,18-19H2,1-5H3,(H,35,39)/t21-,28-/m0/s1. The van der Waals surface area contributed by atoms with Crippen molar-refractivity contribution in [2.24, 2.45) is 0 Å². The number of aryl methyl sites for hydroxylation is 1. The number of carbonyl (C=O) groups excluding carboxylic acids is 2. The van der Waals surface area contributed by atoms with Crippen molar-refractivity contribution in [3.8, 4) is 0 Å². The number of anilines is 1. The van der Waals surface area contributed by atoms with Gasteiger partial charge in [0, 0.05) is 17.6 Å². The maximum atomic E-state index is 14.2. The maximum Gasteiger partial charge on any atom is 0.264 e. The quantitative estimate of drug-likeness (QED) is 0.225. The first-order valence-corrected chi connectivity index (χ1v) is 16.3. The van der Waals surface area contributed by atoms with Gasteiger partial charge in [-0.15, -0.1) is 0 Å². The number of rotatable bonds is 12. The van der Waals surface area contributed by atoms with Gasteiger partial charge in [0.25, 0.3) is 10.0 Å². The summed E-state index contributed by atoms with van der Waals surface area (Å²) in [5.41, 5.74) is 2.30. The summed E-state index contributed by atoms with van der Waals surface area (Å²) < 4.78 is 29.2. The van der Waals surface area contributed by atoms with Gasteiger partial charge in [0.2, 0.25) is 11.8 Å². The predicted molar refractivity (Wildman–Crippen MR) is 171 cm³/mol. The molecule has 1 N–H and O–H groups in total. The number of sulfonamides is 1. The molecule has 11 heteroatoms. The number of amides is 2. The molecule has 0 unspecified atom stereocenters. The van der Waals surface area contributed by atoms with Crippen molar-refractivity contribution in [2.45, 2.75) is 71.0 Å². The fourth-order valence-electron chi connectivity index (χ4n) is 4.41. The van der Waals surface area contributed by atoms with Crippen molar-refractivity contribution in [2.75, 3.05) is 10.8 Å². The Hall–Kier alpha value is -2.78. The Bertz CT molecular complexity index is 1530. The molecule has 3 rings (SSSR count). The molecule has 0 aromatic heterocycles. The minimum atomic E-state index is -4.21. The van der Waals surface area contributed by atoms with E-state index in [0.29, 0.717) is 39.0 Å². The zero-order chi connectivity index (χ0) is 31.2. The minimum absolute atomic E-state index is 0.00903. The third kappa shape index (κ3) is 7.98. The average Bonchev–Trinajstić information content (AvgIpc) is 2.95. The van der Waals surface area contributed by atoms with Crippen LogP contribution in [-0.2, 0) is 26.2 Å². The molecule has 0 heterocycles. The number of hydrogen-bond donors (Lipinski definition) is 1. The molecular weight excluding hydrogens is 617 g/mol. The van der Waals surface area contributed by atoms with Crippen molar-refractivity contribution >= 4 is 62.3 Å². The van der Waals surface area contributed by atoms with Crippen LogP contribution in [0.5, 0.6) is 0 Å². The van der Waals surface area contributed by atoms with Crippen LogP contribution >= 0.6 is 34.8 Å². The van der Waals surface area contributed by atoms with Gasteiger partial charge in [0.05, 0.1) is 20.6 Å².